The summed E-state index contributed by atoms with van der Waals surface area (Å²) in [6.07, 6.45) is 5.54. The van der Waals surface area contributed by atoms with Gasteiger partial charge in [0.2, 0.25) is 6.29 Å². The molecule has 181 valence electrons. The van der Waals surface area contributed by atoms with Gasteiger partial charge in [0.1, 0.15) is 0 Å². The maximum atomic E-state index is 13.6. The summed E-state index contributed by atoms with van der Waals surface area (Å²) < 4.78 is 28.5. The van der Waals surface area contributed by atoms with Crippen molar-refractivity contribution in [2.75, 3.05) is 13.1 Å². The monoisotopic (exact) mass is 490 g/mol. The van der Waals surface area contributed by atoms with Crippen molar-refractivity contribution in [3.63, 3.8) is 0 Å². The highest BCUT2D eigenvalue weighted by Gasteiger charge is 2.23. The standard InChI is InChI=1S/C26H28N5O3S/c27-26(28)30-14-6-5-13-29-22(18-32)15-21-17-31(25-10-4-3-9-24(21)25)35(33,34)23-12-11-19-7-1-2-8-20(19)16-23/h1-4,7-12,16-17,22,29H,5-6,13-15H2,(H4,27,28,30)/t22-/m1/s1. The molecule has 1 radical (unpaired) electrons. The summed E-state index contributed by atoms with van der Waals surface area (Å²) in [6.45, 7) is 1.18. The lowest BCUT2D eigenvalue weighted by atomic mass is 10.1. The molecule has 0 amide bonds. The van der Waals surface area contributed by atoms with Crippen molar-refractivity contribution >= 4 is 43.9 Å². The Morgan fingerprint density at radius 2 is 1.71 bits per heavy atom. The average Bonchev–Trinajstić information content (AvgIpc) is 3.24. The van der Waals surface area contributed by atoms with E-state index in [1.807, 2.05) is 48.8 Å². The molecular formula is C26H28N5O3S. The van der Waals surface area contributed by atoms with Crippen LogP contribution in [-0.2, 0) is 21.2 Å². The van der Waals surface area contributed by atoms with E-state index in [9.17, 15) is 13.2 Å². The van der Waals surface area contributed by atoms with Crippen LogP contribution in [0.5, 0.6) is 0 Å². The first-order valence-corrected chi connectivity index (χ1v) is 12.9. The third-order valence-electron chi connectivity index (χ3n) is 5.91. The third-order valence-corrected chi connectivity index (χ3v) is 7.58. The molecule has 0 saturated carbocycles. The first-order chi connectivity index (χ1) is 16.9. The lowest BCUT2D eigenvalue weighted by Gasteiger charge is -2.12. The molecule has 0 aliphatic rings. The molecule has 0 fully saturated rings. The molecule has 8 nitrogen and oxygen atoms in total. The SMILES string of the molecule is N=C(N)NCCCCN[C@@H]([C]=O)Cc1cn(S(=O)(=O)c2ccc3ccccc3c2)c2ccccc12. The Labute approximate surface area is 204 Å². The van der Waals surface area contributed by atoms with Crippen molar-refractivity contribution in [1.29, 1.82) is 5.41 Å². The van der Waals surface area contributed by atoms with Crippen LogP contribution in [0, 0.1) is 5.41 Å². The van der Waals surface area contributed by atoms with Gasteiger partial charge >= 0.3 is 0 Å². The van der Waals surface area contributed by atoms with Crippen molar-refractivity contribution in [3.8, 4) is 0 Å². The number of para-hydroxylation sites is 1. The predicted molar refractivity (Wildman–Crippen MR) is 139 cm³/mol. The topological polar surface area (TPSA) is 130 Å². The molecule has 4 rings (SSSR count). The fourth-order valence-electron chi connectivity index (χ4n) is 4.15. The summed E-state index contributed by atoms with van der Waals surface area (Å²) in [4.78, 5) is 11.8. The summed E-state index contributed by atoms with van der Waals surface area (Å²) >= 11 is 0. The normalized spacial score (nSPS) is 12.6. The second-order valence-electron chi connectivity index (χ2n) is 8.36. The van der Waals surface area contributed by atoms with Gasteiger partial charge in [-0.3, -0.25) is 10.2 Å². The van der Waals surface area contributed by atoms with Crippen molar-refractivity contribution in [2.45, 2.75) is 30.2 Å². The number of benzene rings is 3. The number of hydrogen-bond acceptors (Lipinski definition) is 5. The molecule has 1 aromatic heterocycles. The molecule has 9 heteroatoms. The minimum atomic E-state index is -3.85. The van der Waals surface area contributed by atoms with Gasteiger partial charge in [0.05, 0.1) is 16.5 Å². The average molecular weight is 491 g/mol. The van der Waals surface area contributed by atoms with Gasteiger partial charge in [-0.25, -0.2) is 12.4 Å². The van der Waals surface area contributed by atoms with E-state index in [1.165, 1.54) is 3.97 Å². The Morgan fingerprint density at radius 3 is 2.49 bits per heavy atom. The second-order valence-corrected chi connectivity index (χ2v) is 10.2. The number of hydrogen-bond donors (Lipinski definition) is 4. The summed E-state index contributed by atoms with van der Waals surface area (Å²) in [7, 11) is -3.85. The molecule has 0 unspecified atom stereocenters. The van der Waals surface area contributed by atoms with Gasteiger partial charge in [-0.2, -0.15) is 0 Å². The molecule has 0 spiro atoms. The number of fused-ring (bicyclic) bond motifs is 2. The van der Waals surface area contributed by atoms with Crippen LogP contribution in [0.25, 0.3) is 21.7 Å². The van der Waals surface area contributed by atoms with E-state index in [2.05, 4.69) is 10.6 Å². The Kier molecular flexibility index (Phi) is 7.48. The van der Waals surface area contributed by atoms with Crippen LogP contribution in [0.1, 0.15) is 18.4 Å². The van der Waals surface area contributed by atoms with Crippen LogP contribution in [0.15, 0.2) is 77.8 Å². The van der Waals surface area contributed by atoms with E-state index >= 15 is 0 Å². The predicted octanol–water partition coefficient (Wildman–Crippen LogP) is 2.91. The van der Waals surface area contributed by atoms with Gasteiger partial charge < -0.3 is 16.4 Å². The van der Waals surface area contributed by atoms with Gasteiger partial charge in [0.25, 0.3) is 10.0 Å². The van der Waals surface area contributed by atoms with E-state index in [0.29, 0.717) is 25.0 Å². The summed E-state index contributed by atoms with van der Waals surface area (Å²) in [6, 6.07) is 19.5. The highest BCUT2D eigenvalue weighted by Crippen LogP contribution is 2.28. The Hall–Kier alpha value is -3.69. The zero-order valence-electron chi connectivity index (χ0n) is 19.2. The van der Waals surface area contributed by atoms with Crippen LogP contribution in [0.2, 0.25) is 0 Å². The largest absolute Gasteiger partial charge is 0.370 e. The van der Waals surface area contributed by atoms with Crippen molar-refractivity contribution in [1.82, 2.24) is 14.6 Å². The van der Waals surface area contributed by atoms with Crippen LogP contribution >= 0.6 is 0 Å². The number of carbonyl (C=O) groups excluding carboxylic acids is 1. The van der Waals surface area contributed by atoms with Crippen LogP contribution in [0.4, 0.5) is 0 Å². The van der Waals surface area contributed by atoms with Gasteiger partial charge in [0, 0.05) is 18.1 Å². The third kappa shape index (κ3) is 5.52. The lowest BCUT2D eigenvalue weighted by Crippen LogP contribution is -2.34. The van der Waals surface area contributed by atoms with E-state index in [1.54, 1.807) is 30.5 Å². The lowest BCUT2D eigenvalue weighted by molar-refractivity contribution is 0.506. The minimum Gasteiger partial charge on any atom is -0.370 e. The Bertz CT molecular complexity index is 1460. The summed E-state index contributed by atoms with van der Waals surface area (Å²) in [5.41, 5.74) is 6.58. The Balaban J connectivity index is 1.57. The number of aromatic nitrogens is 1. The molecule has 0 bridgehead atoms. The number of nitrogens with two attached hydrogens (primary N) is 1. The number of nitrogens with zero attached hydrogens (tertiary/aromatic N) is 1. The van der Waals surface area contributed by atoms with E-state index in [4.69, 9.17) is 11.1 Å². The molecule has 1 atom stereocenters. The van der Waals surface area contributed by atoms with Gasteiger partial charge in [-0.1, -0.05) is 48.5 Å². The Morgan fingerprint density at radius 1 is 1.00 bits per heavy atom. The van der Waals surface area contributed by atoms with Gasteiger partial charge in [0.15, 0.2) is 5.96 Å². The first kappa shape index (κ1) is 24.4. The smallest absolute Gasteiger partial charge is 0.268 e. The van der Waals surface area contributed by atoms with Crippen molar-refractivity contribution < 1.29 is 13.2 Å². The second kappa shape index (κ2) is 10.7. The fraction of sp³-hybridized carbons (Fsp3) is 0.231. The zero-order chi connectivity index (χ0) is 24.8. The first-order valence-electron chi connectivity index (χ1n) is 11.4. The number of nitrogens with one attached hydrogen (secondary N) is 3. The molecule has 5 N–H and O–H groups in total. The van der Waals surface area contributed by atoms with Crippen LogP contribution < -0.4 is 16.4 Å². The maximum Gasteiger partial charge on any atom is 0.268 e. The van der Waals surface area contributed by atoms with Crippen molar-refractivity contribution in [3.05, 3.63) is 78.5 Å². The maximum absolute atomic E-state index is 13.6. The minimum absolute atomic E-state index is 0.0629. The number of rotatable bonds is 11. The van der Waals surface area contributed by atoms with Crippen LogP contribution in [-0.4, -0.2) is 43.8 Å². The van der Waals surface area contributed by atoms with Gasteiger partial charge in [-0.15, -0.1) is 0 Å². The molecule has 0 aliphatic heterocycles. The van der Waals surface area contributed by atoms with E-state index in [-0.39, 0.29) is 10.9 Å². The van der Waals surface area contributed by atoms with Crippen LogP contribution in [0.3, 0.4) is 0 Å². The highest BCUT2D eigenvalue weighted by molar-refractivity contribution is 7.90. The molecule has 0 saturated heterocycles. The van der Waals surface area contributed by atoms with Gasteiger partial charge in [-0.05, 0) is 60.3 Å². The fourth-order valence-corrected chi connectivity index (χ4v) is 5.57. The zero-order valence-corrected chi connectivity index (χ0v) is 20.0. The molecular weight excluding hydrogens is 462 g/mol. The van der Waals surface area contributed by atoms with Crippen molar-refractivity contribution in [2.24, 2.45) is 5.73 Å². The number of unbranched alkanes of at least 4 members (excludes halogenated alkanes) is 1. The number of guanidine groups is 1. The quantitative estimate of drug-likeness (QED) is 0.145. The summed E-state index contributed by atoms with van der Waals surface area (Å²) in [5, 5.41) is 15.7. The molecule has 35 heavy (non-hydrogen) atoms. The summed E-state index contributed by atoms with van der Waals surface area (Å²) in [5.74, 6) is -0.0629. The molecule has 4 aromatic rings. The molecule has 3 aromatic carbocycles. The van der Waals surface area contributed by atoms with E-state index in [0.717, 1.165) is 34.6 Å². The molecule has 0 aliphatic carbocycles. The molecule has 1 heterocycles. The van der Waals surface area contributed by atoms with E-state index < -0.39 is 16.1 Å². The highest BCUT2D eigenvalue weighted by atomic mass is 32.2.